The molecule has 2 atom stereocenters. The zero-order valence-electron chi connectivity index (χ0n) is 12.1. The average Bonchev–Trinajstić information content (AvgIpc) is 2.89. The molecule has 1 aromatic rings. The third kappa shape index (κ3) is 2.99. The third-order valence-corrected chi connectivity index (χ3v) is 4.81. The van der Waals surface area contributed by atoms with E-state index in [1.807, 2.05) is 0 Å². The number of nitrogens with one attached hydrogen (secondary N) is 1. The fraction of sp³-hybridized carbons (Fsp3) is 0.867. The molecule has 0 amide bonds. The van der Waals surface area contributed by atoms with Gasteiger partial charge >= 0.3 is 0 Å². The van der Waals surface area contributed by atoms with E-state index in [0.29, 0.717) is 17.9 Å². The molecule has 106 valence electrons. The fourth-order valence-electron chi connectivity index (χ4n) is 3.45. The number of hydrogen-bond donors (Lipinski definition) is 1. The summed E-state index contributed by atoms with van der Waals surface area (Å²) in [5.74, 6) is 3.70. The van der Waals surface area contributed by atoms with E-state index in [4.69, 9.17) is 9.51 Å². The van der Waals surface area contributed by atoms with Crippen molar-refractivity contribution < 1.29 is 4.52 Å². The van der Waals surface area contributed by atoms with Crippen LogP contribution >= 0.6 is 0 Å². The van der Waals surface area contributed by atoms with Crippen molar-refractivity contribution in [2.45, 2.75) is 70.3 Å². The molecule has 2 aliphatic rings. The number of hydrogen-bond acceptors (Lipinski definition) is 4. The number of aromatic nitrogens is 2. The summed E-state index contributed by atoms with van der Waals surface area (Å²) in [6.45, 7) is 5.63. The van der Waals surface area contributed by atoms with Gasteiger partial charge in [0.05, 0.1) is 0 Å². The Balaban J connectivity index is 1.65. The Morgan fingerprint density at radius 2 is 1.84 bits per heavy atom. The summed E-state index contributed by atoms with van der Waals surface area (Å²) < 4.78 is 5.54. The van der Waals surface area contributed by atoms with Crippen LogP contribution in [0.2, 0.25) is 0 Å². The fourth-order valence-corrected chi connectivity index (χ4v) is 3.45. The van der Waals surface area contributed by atoms with Crippen LogP contribution in [-0.2, 0) is 0 Å². The van der Waals surface area contributed by atoms with Crippen LogP contribution in [-0.4, -0.2) is 22.7 Å². The van der Waals surface area contributed by atoms with Crippen LogP contribution in [0.25, 0.3) is 0 Å². The Morgan fingerprint density at radius 3 is 2.58 bits per heavy atom. The Hall–Kier alpha value is -0.900. The van der Waals surface area contributed by atoms with Crippen LogP contribution in [0.3, 0.4) is 0 Å². The van der Waals surface area contributed by atoms with Gasteiger partial charge in [-0.05, 0) is 45.1 Å². The minimum Gasteiger partial charge on any atom is -0.339 e. The number of rotatable bonds is 2. The summed E-state index contributed by atoms with van der Waals surface area (Å²) in [5, 5.41) is 7.73. The van der Waals surface area contributed by atoms with Gasteiger partial charge in [-0.25, -0.2) is 0 Å². The minimum atomic E-state index is 0.458. The smallest absolute Gasteiger partial charge is 0.229 e. The molecule has 2 fully saturated rings. The Kier molecular flexibility index (Phi) is 3.87. The highest BCUT2D eigenvalue weighted by molar-refractivity contribution is 5.02. The average molecular weight is 263 g/mol. The van der Waals surface area contributed by atoms with E-state index in [2.05, 4.69) is 24.3 Å². The van der Waals surface area contributed by atoms with Crippen LogP contribution in [0.15, 0.2) is 4.52 Å². The maximum atomic E-state index is 5.54. The van der Waals surface area contributed by atoms with Crippen LogP contribution in [0.5, 0.6) is 0 Å². The van der Waals surface area contributed by atoms with Crippen molar-refractivity contribution in [1.29, 1.82) is 0 Å². The van der Waals surface area contributed by atoms with Crippen LogP contribution in [0, 0.1) is 5.92 Å². The van der Waals surface area contributed by atoms with E-state index in [-0.39, 0.29) is 0 Å². The molecule has 1 N–H and O–H groups in total. The third-order valence-electron chi connectivity index (χ3n) is 4.81. The van der Waals surface area contributed by atoms with Gasteiger partial charge in [-0.3, -0.25) is 0 Å². The number of nitrogens with zero attached hydrogens (tertiary/aromatic N) is 2. The van der Waals surface area contributed by atoms with Gasteiger partial charge in [-0.2, -0.15) is 4.98 Å². The maximum absolute atomic E-state index is 5.54. The summed E-state index contributed by atoms with van der Waals surface area (Å²) in [6, 6.07) is 0.560. The second-order valence-electron chi connectivity index (χ2n) is 6.52. The quantitative estimate of drug-likeness (QED) is 0.890. The van der Waals surface area contributed by atoms with E-state index < -0.39 is 0 Å². The summed E-state index contributed by atoms with van der Waals surface area (Å²) in [6.07, 6.45) is 7.29. The molecule has 1 aromatic heterocycles. The first kappa shape index (κ1) is 13.1. The van der Waals surface area contributed by atoms with E-state index in [9.17, 15) is 0 Å². The lowest BCUT2D eigenvalue weighted by atomic mass is 9.83. The van der Waals surface area contributed by atoms with Crippen LogP contribution in [0.1, 0.15) is 75.9 Å². The topological polar surface area (TPSA) is 51.0 Å². The summed E-state index contributed by atoms with van der Waals surface area (Å²) in [4.78, 5) is 4.71. The van der Waals surface area contributed by atoms with E-state index in [1.165, 1.54) is 25.7 Å². The van der Waals surface area contributed by atoms with Gasteiger partial charge in [-0.15, -0.1) is 0 Å². The van der Waals surface area contributed by atoms with Crippen molar-refractivity contribution in [2.75, 3.05) is 6.54 Å². The molecule has 2 heterocycles. The largest absolute Gasteiger partial charge is 0.339 e. The molecule has 0 radical (unpaired) electrons. The van der Waals surface area contributed by atoms with Crippen LogP contribution < -0.4 is 5.32 Å². The molecule has 1 aliphatic carbocycles. The lowest BCUT2D eigenvalue weighted by molar-refractivity contribution is 0.289. The first-order valence-electron chi connectivity index (χ1n) is 7.79. The molecular weight excluding hydrogens is 238 g/mol. The van der Waals surface area contributed by atoms with E-state index >= 15 is 0 Å². The van der Waals surface area contributed by atoms with Gasteiger partial charge in [0.15, 0.2) is 5.82 Å². The van der Waals surface area contributed by atoms with E-state index in [1.54, 1.807) is 0 Å². The molecule has 4 heteroatoms. The van der Waals surface area contributed by atoms with Gasteiger partial charge in [0.2, 0.25) is 5.89 Å². The molecule has 0 bridgehead atoms. The highest BCUT2D eigenvalue weighted by Crippen LogP contribution is 2.35. The molecule has 0 aromatic carbocycles. The van der Waals surface area contributed by atoms with Crippen LogP contribution in [0.4, 0.5) is 0 Å². The standard InChI is InChI=1S/C15H25N3O/c1-10-3-5-12(6-4-10)14-17-15(19-18-14)13-7-8-16-11(2)9-13/h10-13,16H,3-9H2,1-2H3. The molecule has 3 rings (SSSR count). The van der Waals surface area contributed by atoms with Gasteiger partial charge in [0.1, 0.15) is 0 Å². The van der Waals surface area contributed by atoms with Crippen molar-refractivity contribution >= 4 is 0 Å². The highest BCUT2D eigenvalue weighted by Gasteiger charge is 2.28. The lowest BCUT2D eigenvalue weighted by Crippen LogP contribution is -2.34. The van der Waals surface area contributed by atoms with Crippen molar-refractivity contribution in [3.8, 4) is 0 Å². The zero-order chi connectivity index (χ0) is 13.2. The molecular formula is C15H25N3O. The van der Waals surface area contributed by atoms with Crippen molar-refractivity contribution in [1.82, 2.24) is 15.5 Å². The predicted octanol–water partition coefficient (Wildman–Crippen LogP) is 3.22. The summed E-state index contributed by atoms with van der Waals surface area (Å²) in [7, 11) is 0. The van der Waals surface area contributed by atoms with Gasteiger partial charge in [0.25, 0.3) is 0 Å². The minimum absolute atomic E-state index is 0.458. The Bertz CT molecular complexity index is 409. The lowest BCUT2D eigenvalue weighted by Gasteiger charge is -2.25. The predicted molar refractivity (Wildman–Crippen MR) is 74.1 cm³/mol. The molecule has 4 nitrogen and oxygen atoms in total. The molecule has 1 aliphatic heterocycles. The highest BCUT2D eigenvalue weighted by atomic mass is 16.5. The van der Waals surface area contributed by atoms with Crippen molar-refractivity contribution in [3.05, 3.63) is 11.7 Å². The molecule has 0 spiro atoms. The van der Waals surface area contributed by atoms with Crippen molar-refractivity contribution in [2.24, 2.45) is 5.92 Å². The molecule has 1 saturated carbocycles. The van der Waals surface area contributed by atoms with Gasteiger partial charge in [0, 0.05) is 17.9 Å². The normalized spacial score (nSPS) is 36.3. The monoisotopic (exact) mass is 263 g/mol. The van der Waals surface area contributed by atoms with E-state index in [0.717, 1.165) is 37.0 Å². The molecule has 2 unspecified atom stereocenters. The molecule has 1 saturated heterocycles. The maximum Gasteiger partial charge on any atom is 0.229 e. The van der Waals surface area contributed by atoms with Gasteiger partial charge in [-0.1, -0.05) is 24.9 Å². The van der Waals surface area contributed by atoms with Gasteiger partial charge < -0.3 is 9.84 Å². The Morgan fingerprint density at radius 1 is 1.05 bits per heavy atom. The molecule has 19 heavy (non-hydrogen) atoms. The second kappa shape index (κ2) is 5.61. The second-order valence-corrected chi connectivity index (χ2v) is 6.52. The number of piperidine rings is 1. The Labute approximate surface area is 115 Å². The summed E-state index contributed by atoms with van der Waals surface area (Å²) >= 11 is 0. The first-order valence-corrected chi connectivity index (χ1v) is 7.79. The zero-order valence-corrected chi connectivity index (χ0v) is 12.1. The summed E-state index contributed by atoms with van der Waals surface area (Å²) in [5.41, 5.74) is 0. The SMILES string of the molecule is CC1CCC(c2noc(C3CCNC(C)C3)n2)CC1. The first-order chi connectivity index (χ1) is 9.22. The van der Waals surface area contributed by atoms with Crippen molar-refractivity contribution in [3.63, 3.8) is 0 Å².